The van der Waals surface area contributed by atoms with E-state index in [4.69, 9.17) is 0 Å². The molecule has 0 fully saturated rings. The van der Waals surface area contributed by atoms with Crippen LogP contribution >= 0.6 is 0 Å². The number of nitrogens with zero attached hydrogens (tertiary/aromatic N) is 2. The van der Waals surface area contributed by atoms with Crippen molar-refractivity contribution in [1.29, 1.82) is 0 Å². The minimum atomic E-state index is 0.977. The summed E-state index contributed by atoms with van der Waals surface area (Å²) in [5.41, 5.74) is 12.8. The average molecular weight is 549 g/mol. The zero-order valence-electron chi connectivity index (χ0n) is 23.6. The van der Waals surface area contributed by atoms with E-state index in [1.165, 1.54) is 55.2 Å². The first-order chi connectivity index (χ1) is 21.3. The molecule has 0 saturated carbocycles. The fraction of sp³-hybridized carbons (Fsp3) is 0. The van der Waals surface area contributed by atoms with Gasteiger partial charge in [-0.1, -0.05) is 115 Å². The Kier molecular flexibility index (Phi) is 6.16. The quantitative estimate of drug-likeness (QED) is 0.209. The van der Waals surface area contributed by atoms with Gasteiger partial charge in [-0.25, -0.2) is 0 Å². The largest absolute Gasteiger partial charge is 0.309 e. The van der Waals surface area contributed by atoms with Crippen molar-refractivity contribution in [3.8, 4) is 50.3 Å². The molecule has 2 aromatic heterocycles. The number of pyridine rings is 1. The highest BCUT2D eigenvalue weighted by atomic mass is 15.0. The van der Waals surface area contributed by atoms with E-state index in [-0.39, 0.29) is 0 Å². The van der Waals surface area contributed by atoms with E-state index >= 15 is 0 Å². The lowest BCUT2D eigenvalue weighted by Gasteiger charge is -2.13. The molecule has 0 aliphatic carbocycles. The van der Waals surface area contributed by atoms with Gasteiger partial charge in [-0.3, -0.25) is 4.98 Å². The number of fused-ring (bicyclic) bond motifs is 3. The predicted molar refractivity (Wildman–Crippen MR) is 180 cm³/mol. The summed E-state index contributed by atoms with van der Waals surface area (Å²) >= 11 is 0. The first-order valence-corrected chi connectivity index (χ1v) is 14.6. The van der Waals surface area contributed by atoms with Crippen LogP contribution in [0.5, 0.6) is 0 Å². The third-order valence-electron chi connectivity index (χ3n) is 8.23. The van der Waals surface area contributed by atoms with Crippen molar-refractivity contribution in [2.24, 2.45) is 0 Å². The van der Waals surface area contributed by atoms with Gasteiger partial charge in [-0.2, -0.15) is 0 Å². The Bertz CT molecular complexity index is 2210. The molecule has 202 valence electrons. The lowest BCUT2D eigenvalue weighted by atomic mass is 9.94. The number of benzene rings is 6. The van der Waals surface area contributed by atoms with Crippen molar-refractivity contribution >= 4 is 21.8 Å². The summed E-state index contributed by atoms with van der Waals surface area (Å²) in [6, 6.07) is 58.5. The number of rotatable bonds is 5. The monoisotopic (exact) mass is 548 g/mol. The van der Waals surface area contributed by atoms with Crippen LogP contribution in [0.15, 0.2) is 170 Å². The molecule has 2 heteroatoms. The molecule has 6 aromatic carbocycles. The summed E-state index contributed by atoms with van der Waals surface area (Å²) in [6.45, 7) is 0. The minimum Gasteiger partial charge on any atom is -0.309 e. The van der Waals surface area contributed by atoms with Crippen molar-refractivity contribution in [2.45, 2.75) is 0 Å². The third kappa shape index (κ3) is 4.50. The molecule has 0 atom stereocenters. The van der Waals surface area contributed by atoms with E-state index in [0.717, 1.165) is 16.9 Å². The average Bonchev–Trinajstić information content (AvgIpc) is 3.43. The SMILES string of the molecule is c1ccc(-c2cc(-c3ccccc3)c3c4ccccc4n(-c4cccc(-c5cccc(-c6ccccn6)c5)c4)c3c2)cc1. The Morgan fingerprint density at radius 1 is 0.395 bits per heavy atom. The van der Waals surface area contributed by atoms with Crippen molar-refractivity contribution in [1.82, 2.24) is 9.55 Å². The molecule has 0 amide bonds. The third-order valence-corrected chi connectivity index (χ3v) is 8.23. The highest BCUT2D eigenvalue weighted by Crippen LogP contribution is 2.41. The topological polar surface area (TPSA) is 17.8 Å². The molecule has 2 nitrogen and oxygen atoms in total. The van der Waals surface area contributed by atoms with Crippen LogP contribution in [-0.4, -0.2) is 9.55 Å². The Hall–Kier alpha value is -5.73. The zero-order chi connectivity index (χ0) is 28.6. The Labute approximate surface area is 251 Å². The number of hydrogen-bond donors (Lipinski definition) is 0. The summed E-state index contributed by atoms with van der Waals surface area (Å²) in [5.74, 6) is 0. The van der Waals surface area contributed by atoms with E-state index in [0.29, 0.717) is 0 Å². The van der Waals surface area contributed by atoms with Crippen LogP contribution in [0.25, 0.3) is 72.1 Å². The number of hydrogen-bond acceptors (Lipinski definition) is 1. The molecule has 0 N–H and O–H groups in total. The summed E-state index contributed by atoms with van der Waals surface area (Å²) in [4.78, 5) is 4.57. The molecule has 0 unspecified atom stereocenters. The van der Waals surface area contributed by atoms with Crippen LogP contribution in [0.2, 0.25) is 0 Å². The molecule has 8 rings (SSSR count). The first-order valence-electron chi connectivity index (χ1n) is 14.6. The number of para-hydroxylation sites is 1. The van der Waals surface area contributed by atoms with Gasteiger partial charge < -0.3 is 4.57 Å². The van der Waals surface area contributed by atoms with Gasteiger partial charge in [0.2, 0.25) is 0 Å². The summed E-state index contributed by atoms with van der Waals surface area (Å²) < 4.78 is 2.43. The second kappa shape index (κ2) is 10.6. The molecule has 0 aliphatic rings. The van der Waals surface area contributed by atoms with Crippen LogP contribution in [-0.2, 0) is 0 Å². The lowest BCUT2D eigenvalue weighted by Crippen LogP contribution is -1.95. The second-order valence-corrected chi connectivity index (χ2v) is 10.8. The van der Waals surface area contributed by atoms with Gasteiger partial charge in [0.1, 0.15) is 0 Å². The molecule has 0 bridgehead atoms. The molecule has 2 heterocycles. The Balaban J connectivity index is 1.38. The molecule has 0 radical (unpaired) electrons. The van der Waals surface area contributed by atoms with Gasteiger partial charge in [-0.05, 0) is 81.9 Å². The summed E-state index contributed by atoms with van der Waals surface area (Å²) in [6.07, 6.45) is 1.85. The lowest BCUT2D eigenvalue weighted by molar-refractivity contribution is 1.18. The highest BCUT2D eigenvalue weighted by Gasteiger charge is 2.18. The smallest absolute Gasteiger partial charge is 0.0702 e. The van der Waals surface area contributed by atoms with Crippen LogP contribution in [0.4, 0.5) is 0 Å². The molecular weight excluding hydrogens is 520 g/mol. The molecule has 43 heavy (non-hydrogen) atoms. The maximum absolute atomic E-state index is 4.57. The van der Waals surface area contributed by atoms with E-state index < -0.39 is 0 Å². The van der Waals surface area contributed by atoms with E-state index in [1.807, 2.05) is 18.3 Å². The van der Waals surface area contributed by atoms with Crippen LogP contribution in [0.3, 0.4) is 0 Å². The fourth-order valence-electron chi connectivity index (χ4n) is 6.23. The highest BCUT2D eigenvalue weighted by molar-refractivity contribution is 6.17. The summed E-state index contributed by atoms with van der Waals surface area (Å²) in [5, 5.41) is 2.52. The number of aromatic nitrogens is 2. The zero-order valence-corrected chi connectivity index (χ0v) is 23.6. The molecule has 8 aromatic rings. The van der Waals surface area contributed by atoms with Crippen LogP contribution in [0, 0.1) is 0 Å². The maximum atomic E-state index is 4.57. The molecule has 0 saturated heterocycles. The molecular formula is C41H28N2. The van der Waals surface area contributed by atoms with Crippen molar-refractivity contribution in [2.75, 3.05) is 0 Å². The van der Waals surface area contributed by atoms with E-state index in [1.54, 1.807) is 0 Å². The van der Waals surface area contributed by atoms with Gasteiger partial charge in [0, 0.05) is 28.2 Å². The van der Waals surface area contributed by atoms with Crippen LogP contribution in [0.1, 0.15) is 0 Å². The van der Waals surface area contributed by atoms with Crippen molar-refractivity contribution in [3.63, 3.8) is 0 Å². The standard InChI is InChI=1S/C41H28N2/c1-3-13-29(14-4-1)34-27-37(30-15-5-2-6-16-30)41-36-21-7-8-23-39(36)43(40(41)28-34)35-20-12-18-32(26-35)31-17-11-19-33(25-31)38-22-9-10-24-42-38/h1-28H. The normalized spacial score (nSPS) is 11.3. The summed E-state index contributed by atoms with van der Waals surface area (Å²) in [7, 11) is 0. The Morgan fingerprint density at radius 2 is 1.05 bits per heavy atom. The van der Waals surface area contributed by atoms with E-state index in [2.05, 4.69) is 161 Å². The van der Waals surface area contributed by atoms with Crippen molar-refractivity contribution < 1.29 is 0 Å². The van der Waals surface area contributed by atoms with Gasteiger partial charge in [0.25, 0.3) is 0 Å². The first kappa shape index (κ1) is 25.0. The fourth-order valence-corrected chi connectivity index (χ4v) is 6.23. The van der Waals surface area contributed by atoms with Crippen molar-refractivity contribution in [3.05, 3.63) is 170 Å². The van der Waals surface area contributed by atoms with Gasteiger partial charge in [-0.15, -0.1) is 0 Å². The van der Waals surface area contributed by atoms with Gasteiger partial charge in [0.15, 0.2) is 0 Å². The molecule has 0 spiro atoms. The maximum Gasteiger partial charge on any atom is 0.0702 e. The van der Waals surface area contributed by atoms with E-state index in [9.17, 15) is 0 Å². The van der Waals surface area contributed by atoms with Gasteiger partial charge >= 0.3 is 0 Å². The Morgan fingerprint density at radius 3 is 1.84 bits per heavy atom. The van der Waals surface area contributed by atoms with Gasteiger partial charge in [0.05, 0.1) is 16.7 Å². The van der Waals surface area contributed by atoms with Crippen LogP contribution < -0.4 is 0 Å². The predicted octanol–water partition coefficient (Wildman–Crippen LogP) is 10.8. The minimum absolute atomic E-state index is 0.977. The second-order valence-electron chi connectivity index (χ2n) is 10.8. The molecule has 0 aliphatic heterocycles.